The molecule has 92 valence electrons. The van der Waals surface area contributed by atoms with Gasteiger partial charge < -0.3 is 0 Å². The van der Waals surface area contributed by atoms with Crippen molar-refractivity contribution < 1.29 is 0 Å². The highest BCUT2D eigenvalue weighted by Crippen LogP contribution is 2.20. The Morgan fingerprint density at radius 3 is 1.16 bits per heavy atom. The van der Waals surface area contributed by atoms with E-state index in [9.17, 15) is 0 Å². The van der Waals surface area contributed by atoms with E-state index in [4.69, 9.17) is 0 Å². The summed E-state index contributed by atoms with van der Waals surface area (Å²) in [5.41, 5.74) is 0. The maximum atomic E-state index is 2.40. The van der Waals surface area contributed by atoms with Crippen molar-refractivity contribution in [1.29, 1.82) is 0 Å². The molecule has 2 aliphatic carbocycles. The molecule has 0 bridgehead atoms. The summed E-state index contributed by atoms with van der Waals surface area (Å²) in [6, 6.07) is 17.3. The Morgan fingerprint density at radius 1 is 0.526 bits per heavy atom. The second kappa shape index (κ2) is 4.24. The lowest BCUT2D eigenvalue weighted by atomic mass is 9.96. The summed E-state index contributed by atoms with van der Waals surface area (Å²) < 4.78 is 0. The Kier molecular flexibility index (Phi) is 2.41. The van der Waals surface area contributed by atoms with Crippen LogP contribution in [-0.2, 0) is 0 Å². The van der Waals surface area contributed by atoms with Crippen molar-refractivity contribution in [2.75, 3.05) is 0 Å². The van der Waals surface area contributed by atoms with Crippen molar-refractivity contribution in [3.63, 3.8) is 0 Å². The molecule has 0 spiro atoms. The van der Waals surface area contributed by atoms with Crippen LogP contribution in [0.2, 0.25) is 0 Å². The molecule has 0 nitrogen and oxygen atoms in total. The number of rotatable bonds is 2. The fraction of sp³-hybridized carbons (Fsp3) is 0.158. The minimum absolute atomic E-state index is 0.573. The normalized spacial score (nSPS) is 16.8. The molecule has 0 N–H and O–H groups in total. The lowest BCUT2D eigenvalue weighted by Gasteiger charge is -2.08. The van der Waals surface area contributed by atoms with E-state index in [-0.39, 0.29) is 0 Å². The van der Waals surface area contributed by atoms with Gasteiger partial charge in [0.25, 0.3) is 0 Å². The van der Waals surface area contributed by atoms with E-state index in [1.165, 1.54) is 27.3 Å². The van der Waals surface area contributed by atoms with Crippen LogP contribution in [0, 0.1) is 11.8 Å². The minimum Gasteiger partial charge on any atom is -0.0697 e. The number of benzene rings is 2. The van der Waals surface area contributed by atoms with Gasteiger partial charge in [-0.1, -0.05) is 72.8 Å². The summed E-state index contributed by atoms with van der Waals surface area (Å²) in [4.78, 5) is 0. The van der Waals surface area contributed by atoms with Gasteiger partial charge in [0, 0.05) is 0 Å². The first-order chi connectivity index (χ1) is 9.38. The van der Waals surface area contributed by atoms with E-state index in [1.807, 2.05) is 0 Å². The standard InChI is InChI=1S/C19H16/c1-2-6-17-11-14(10-16(17)5-1)9-15-12-18-7-3-4-8-19(18)13-15/h1-8,10-15H,9H2. The highest BCUT2D eigenvalue weighted by atomic mass is 14.2. The molecule has 0 aliphatic heterocycles. The van der Waals surface area contributed by atoms with E-state index in [0.717, 1.165) is 0 Å². The van der Waals surface area contributed by atoms with Crippen molar-refractivity contribution in [2.45, 2.75) is 6.42 Å². The first kappa shape index (κ1) is 10.8. The van der Waals surface area contributed by atoms with E-state index in [2.05, 4.69) is 72.8 Å². The van der Waals surface area contributed by atoms with Gasteiger partial charge in [0.15, 0.2) is 0 Å². The Bertz CT molecular complexity index is 712. The fourth-order valence-electron chi connectivity index (χ4n) is 3.23. The maximum absolute atomic E-state index is 2.40. The summed E-state index contributed by atoms with van der Waals surface area (Å²) in [6.07, 6.45) is 10.8. The zero-order chi connectivity index (χ0) is 12.7. The van der Waals surface area contributed by atoms with E-state index < -0.39 is 0 Å². The molecule has 2 aromatic rings. The molecular formula is C19H16. The first-order valence-electron chi connectivity index (χ1n) is 6.96. The zero-order valence-corrected chi connectivity index (χ0v) is 10.8. The van der Waals surface area contributed by atoms with Crippen molar-refractivity contribution >= 4 is 24.3 Å². The zero-order valence-electron chi connectivity index (χ0n) is 10.8. The molecule has 2 aromatic carbocycles. The average molecular weight is 244 g/mol. The second-order valence-corrected chi connectivity index (χ2v) is 5.49. The molecule has 0 fully saturated rings. The van der Waals surface area contributed by atoms with Crippen LogP contribution < -0.4 is 20.9 Å². The van der Waals surface area contributed by atoms with Gasteiger partial charge in [0.05, 0.1) is 0 Å². The lowest BCUT2D eigenvalue weighted by Crippen LogP contribution is -2.19. The van der Waals surface area contributed by atoms with Gasteiger partial charge in [-0.2, -0.15) is 0 Å². The third-order valence-electron chi connectivity index (χ3n) is 4.11. The lowest BCUT2D eigenvalue weighted by molar-refractivity contribution is 0.724. The molecule has 4 rings (SSSR count). The highest BCUT2D eigenvalue weighted by Gasteiger charge is 2.14. The van der Waals surface area contributed by atoms with E-state index in [1.54, 1.807) is 0 Å². The van der Waals surface area contributed by atoms with Crippen LogP contribution in [0.15, 0.2) is 48.5 Å². The summed E-state index contributed by atoms with van der Waals surface area (Å²) in [5, 5.41) is 5.57. The molecule has 0 unspecified atom stereocenters. The molecule has 19 heavy (non-hydrogen) atoms. The Balaban J connectivity index is 1.63. The van der Waals surface area contributed by atoms with Crippen LogP contribution >= 0.6 is 0 Å². The van der Waals surface area contributed by atoms with Crippen molar-refractivity contribution in [1.82, 2.24) is 0 Å². The minimum atomic E-state index is 0.573. The maximum Gasteiger partial charge on any atom is -0.00265 e. The molecule has 0 radical (unpaired) electrons. The molecule has 2 aliphatic rings. The SMILES string of the molecule is C1=c2ccccc2=CC1CC1C=c2ccccc2=C1. The van der Waals surface area contributed by atoms with Crippen LogP contribution in [-0.4, -0.2) is 0 Å². The smallest absolute Gasteiger partial charge is 0.00265 e. The van der Waals surface area contributed by atoms with Crippen LogP contribution in [0.25, 0.3) is 24.3 Å². The largest absolute Gasteiger partial charge is 0.0697 e. The Labute approximate surface area is 112 Å². The Hall–Kier alpha value is -2.08. The number of hydrogen-bond acceptors (Lipinski definition) is 0. The molecular weight excluding hydrogens is 228 g/mol. The summed E-state index contributed by atoms with van der Waals surface area (Å²) in [5.74, 6) is 1.15. The predicted molar refractivity (Wildman–Crippen MR) is 80.8 cm³/mol. The van der Waals surface area contributed by atoms with Gasteiger partial charge >= 0.3 is 0 Å². The molecule has 0 heterocycles. The van der Waals surface area contributed by atoms with Crippen LogP contribution in [0.4, 0.5) is 0 Å². The molecule has 0 heteroatoms. The molecule has 0 atom stereocenters. The third-order valence-corrected chi connectivity index (χ3v) is 4.11. The van der Waals surface area contributed by atoms with Crippen molar-refractivity contribution in [3.8, 4) is 0 Å². The average Bonchev–Trinajstić information content (AvgIpc) is 3.00. The van der Waals surface area contributed by atoms with E-state index in [0.29, 0.717) is 11.8 Å². The third kappa shape index (κ3) is 1.94. The number of hydrogen-bond donors (Lipinski definition) is 0. The van der Waals surface area contributed by atoms with Gasteiger partial charge in [-0.05, 0) is 39.1 Å². The second-order valence-electron chi connectivity index (χ2n) is 5.49. The van der Waals surface area contributed by atoms with Crippen LogP contribution in [0.1, 0.15) is 6.42 Å². The van der Waals surface area contributed by atoms with Gasteiger partial charge in [0.1, 0.15) is 0 Å². The van der Waals surface area contributed by atoms with Gasteiger partial charge in [-0.25, -0.2) is 0 Å². The van der Waals surface area contributed by atoms with Crippen LogP contribution in [0.5, 0.6) is 0 Å². The van der Waals surface area contributed by atoms with Crippen molar-refractivity contribution in [2.24, 2.45) is 11.8 Å². The van der Waals surface area contributed by atoms with Gasteiger partial charge in [-0.3, -0.25) is 0 Å². The van der Waals surface area contributed by atoms with Gasteiger partial charge in [-0.15, -0.1) is 0 Å². The highest BCUT2D eigenvalue weighted by molar-refractivity contribution is 5.55. The fourth-order valence-corrected chi connectivity index (χ4v) is 3.23. The van der Waals surface area contributed by atoms with E-state index >= 15 is 0 Å². The molecule has 0 saturated carbocycles. The summed E-state index contributed by atoms with van der Waals surface area (Å²) >= 11 is 0. The molecule has 0 saturated heterocycles. The topological polar surface area (TPSA) is 0 Å². The quantitative estimate of drug-likeness (QED) is 0.743. The van der Waals surface area contributed by atoms with Gasteiger partial charge in [0.2, 0.25) is 0 Å². The summed E-state index contributed by atoms with van der Waals surface area (Å²) in [7, 11) is 0. The number of fused-ring (bicyclic) bond motifs is 2. The summed E-state index contributed by atoms with van der Waals surface area (Å²) in [6.45, 7) is 0. The van der Waals surface area contributed by atoms with Crippen molar-refractivity contribution in [3.05, 3.63) is 69.4 Å². The molecule has 0 amide bonds. The monoisotopic (exact) mass is 244 g/mol. The Morgan fingerprint density at radius 2 is 0.842 bits per heavy atom. The predicted octanol–water partition coefficient (Wildman–Crippen LogP) is 1.16. The van der Waals surface area contributed by atoms with Crippen LogP contribution in [0.3, 0.4) is 0 Å². The first-order valence-corrected chi connectivity index (χ1v) is 6.96. The molecule has 0 aromatic heterocycles.